The molecular weight excluding hydrogens is 188 g/mol. The molecule has 0 saturated heterocycles. The van der Waals surface area contributed by atoms with Crippen molar-refractivity contribution in [3.63, 3.8) is 0 Å². The molecule has 13 heavy (non-hydrogen) atoms. The van der Waals surface area contributed by atoms with Crippen LogP contribution in [-0.2, 0) is 10.0 Å². The van der Waals surface area contributed by atoms with Gasteiger partial charge in [-0.05, 0) is 19.8 Å². The molecule has 0 aliphatic carbocycles. The van der Waals surface area contributed by atoms with E-state index in [4.69, 9.17) is 5.26 Å². The first kappa shape index (κ1) is 12.4. The normalized spacial score (nSPS) is 16.2. The predicted octanol–water partition coefficient (Wildman–Crippen LogP) is 1.01. The van der Waals surface area contributed by atoms with Crippen molar-refractivity contribution in [2.45, 2.75) is 44.9 Å². The van der Waals surface area contributed by atoms with Crippen LogP contribution in [0.1, 0.15) is 33.6 Å². The topological polar surface area (TPSA) is 70.0 Å². The predicted molar refractivity (Wildman–Crippen MR) is 51.5 cm³/mol. The Balaban J connectivity index is 4.50. The zero-order chi connectivity index (χ0) is 10.5. The van der Waals surface area contributed by atoms with Crippen LogP contribution in [0.15, 0.2) is 0 Å². The lowest BCUT2D eigenvalue weighted by molar-refractivity contribution is 0.548. The Kier molecular flexibility index (Phi) is 4.96. The van der Waals surface area contributed by atoms with Crippen LogP contribution in [0.4, 0.5) is 0 Å². The quantitative estimate of drug-likeness (QED) is 0.726. The lowest BCUT2D eigenvalue weighted by Crippen LogP contribution is -2.38. The first-order chi connectivity index (χ1) is 5.97. The van der Waals surface area contributed by atoms with Crippen molar-refractivity contribution in [1.82, 2.24) is 4.72 Å². The molecule has 2 atom stereocenters. The average molecular weight is 204 g/mol. The molecule has 0 radical (unpaired) electrons. The Morgan fingerprint density at radius 1 is 1.38 bits per heavy atom. The van der Waals surface area contributed by atoms with Gasteiger partial charge in [-0.25, -0.2) is 13.1 Å². The fraction of sp³-hybridized carbons (Fsp3) is 0.875. The minimum absolute atomic E-state index is 0.104. The fourth-order valence-electron chi connectivity index (χ4n) is 0.826. The number of hydrogen-bond donors (Lipinski definition) is 1. The molecule has 0 aliphatic rings. The van der Waals surface area contributed by atoms with Gasteiger partial charge >= 0.3 is 0 Å². The van der Waals surface area contributed by atoms with Crippen molar-refractivity contribution in [2.75, 3.05) is 0 Å². The Labute approximate surface area is 80.0 Å². The Morgan fingerprint density at radius 2 is 1.92 bits per heavy atom. The molecule has 0 heterocycles. The SMILES string of the molecule is CCC(C)NS(=O)(=O)C(C#N)CC. The summed E-state index contributed by atoms with van der Waals surface area (Å²) in [6, 6.07) is 1.67. The van der Waals surface area contributed by atoms with E-state index in [2.05, 4.69) is 4.72 Å². The Hall–Kier alpha value is -0.600. The number of nitrogens with zero attached hydrogens (tertiary/aromatic N) is 1. The fourth-order valence-corrected chi connectivity index (χ4v) is 2.30. The highest BCUT2D eigenvalue weighted by molar-refractivity contribution is 7.90. The summed E-state index contributed by atoms with van der Waals surface area (Å²) in [6.07, 6.45) is 1.05. The zero-order valence-corrected chi connectivity index (χ0v) is 9.06. The Bertz CT molecular complexity index is 279. The van der Waals surface area contributed by atoms with Crippen LogP contribution in [-0.4, -0.2) is 19.7 Å². The van der Waals surface area contributed by atoms with Crippen LogP contribution < -0.4 is 4.72 Å². The third kappa shape index (κ3) is 3.75. The van der Waals surface area contributed by atoms with Crippen molar-refractivity contribution in [1.29, 1.82) is 5.26 Å². The maximum Gasteiger partial charge on any atom is 0.228 e. The van der Waals surface area contributed by atoms with E-state index >= 15 is 0 Å². The smallest absolute Gasteiger partial charge is 0.211 e. The van der Waals surface area contributed by atoms with Crippen LogP contribution in [0.25, 0.3) is 0 Å². The monoisotopic (exact) mass is 204 g/mol. The van der Waals surface area contributed by atoms with Gasteiger partial charge in [-0.3, -0.25) is 0 Å². The van der Waals surface area contributed by atoms with Gasteiger partial charge in [0.1, 0.15) is 0 Å². The van der Waals surface area contributed by atoms with Crippen LogP contribution in [0.3, 0.4) is 0 Å². The molecule has 0 aliphatic heterocycles. The van der Waals surface area contributed by atoms with E-state index in [-0.39, 0.29) is 6.04 Å². The molecule has 5 heteroatoms. The molecule has 76 valence electrons. The molecule has 0 aromatic rings. The molecule has 4 nitrogen and oxygen atoms in total. The van der Waals surface area contributed by atoms with Gasteiger partial charge in [0.05, 0.1) is 6.07 Å². The van der Waals surface area contributed by atoms with E-state index in [0.717, 1.165) is 6.42 Å². The lowest BCUT2D eigenvalue weighted by Gasteiger charge is -2.14. The van der Waals surface area contributed by atoms with Gasteiger partial charge in [0, 0.05) is 6.04 Å². The summed E-state index contributed by atoms with van der Waals surface area (Å²) in [5.74, 6) is 0. The standard InChI is InChI=1S/C8H16N2O2S/c1-4-7(3)10-13(11,12)8(5-2)6-9/h7-8,10H,4-5H2,1-3H3. The van der Waals surface area contributed by atoms with Crippen molar-refractivity contribution >= 4 is 10.0 Å². The van der Waals surface area contributed by atoms with Crippen molar-refractivity contribution in [3.05, 3.63) is 0 Å². The van der Waals surface area contributed by atoms with Crippen molar-refractivity contribution in [3.8, 4) is 6.07 Å². The minimum Gasteiger partial charge on any atom is -0.211 e. The number of rotatable bonds is 5. The molecule has 1 N–H and O–H groups in total. The molecule has 0 saturated carbocycles. The van der Waals surface area contributed by atoms with Crippen molar-refractivity contribution in [2.24, 2.45) is 0 Å². The summed E-state index contributed by atoms with van der Waals surface area (Å²) in [7, 11) is -3.44. The van der Waals surface area contributed by atoms with Gasteiger partial charge in [0.15, 0.2) is 5.25 Å². The summed E-state index contributed by atoms with van der Waals surface area (Å²) in [5, 5.41) is 7.65. The van der Waals surface area contributed by atoms with E-state index < -0.39 is 15.3 Å². The maximum atomic E-state index is 11.4. The second kappa shape index (κ2) is 5.20. The van der Waals surface area contributed by atoms with E-state index in [1.165, 1.54) is 0 Å². The second-order valence-electron chi connectivity index (χ2n) is 3.00. The van der Waals surface area contributed by atoms with E-state index in [1.807, 2.05) is 6.92 Å². The third-order valence-corrected chi connectivity index (χ3v) is 3.79. The highest BCUT2D eigenvalue weighted by Crippen LogP contribution is 2.04. The van der Waals surface area contributed by atoms with Gasteiger partial charge < -0.3 is 0 Å². The molecule has 0 amide bonds. The van der Waals surface area contributed by atoms with Gasteiger partial charge in [0.2, 0.25) is 10.0 Å². The lowest BCUT2D eigenvalue weighted by atomic mass is 10.3. The van der Waals surface area contributed by atoms with Crippen molar-refractivity contribution < 1.29 is 8.42 Å². The number of hydrogen-bond acceptors (Lipinski definition) is 3. The number of nitrogens with one attached hydrogen (secondary N) is 1. The van der Waals surface area contributed by atoms with Gasteiger partial charge in [-0.15, -0.1) is 0 Å². The van der Waals surface area contributed by atoms with Gasteiger partial charge in [-0.1, -0.05) is 13.8 Å². The molecule has 0 bridgehead atoms. The van der Waals surface area contributed by atoms with E-state index in [9.17, 15) is 8.42 Å². The van der Waals surface area contributed by atoms with Crippen LogP contribution >= 0.6 is 0 Å². The minimum atomic E-state index is -3.44. The highest BCUT2D eigenvalue weighted by Gasteiger charge is 2.24. The molecule has 0 fully saturated rings. The summed E-state index contributed by atoms with van der Waals surface area (Å²) in [5.41, 5.74) is 0. The number of nitriles is 1. The largest absolute Gasteiger partial charge is 0.228 e. The first-order valence-corrected chi connectivity index (χ1v) is 5.93. The first-order valence-electron chi connectivity index (χ1n) is 4.38. The van der Waals surface area contributed by atoms with Crippen LogP contribution in [0.5, 0.6) is 0 Å². The number of sulfonamides is 1. The molecule has 0 aromatic carbocycles. The summed E-state index contributed by atoms with van der Waals surface area (Å²) < 4.78 is 25.3. The van der Waals surface area contributed by atoms with E-state index in [0.29, 0.717) is 6.42 Å². The van der Waals surface area contributed by atoms with Crippen LogP contribution in [0.2, 0.25) is 0 Å². The molecule has 2 unspecified atom stereocenters. The second-order valence-corrected chi connectivity index (χ2v) is 4.89. The highest BCUT2D eigenvalue weighted by atomic mass is 32.2. The average Bonchev–Trinajstić information content (AvgIpc) is 2.05. The van der Waals surface area contributed by atoms with Gasteiger partial charge in [-0.2, -0.15) is 5.26 Å². The summed E-state index contributed by atoms with van der Waals surface area (Å²) >= 11 is 0. The van der Waals surface area contributed by atoms with Crippen LogP contribution in [0, 0.1) is 11.3 Å². The van der Waals surface area contributed by atoms with E-state index in [1.54, 1.807) is 19.9 Å². The summed E-state index contributed by atoms with van der Waals surface area (Å²) in [4.78, 5) is 0. The third-order valence-electron chi connectivity index (χ3n) is 1.87. The Morgan fingerprint density at radius 3 is 2.23 bits per heavy atom. The molecule has 0 aromatic heterocycles. The van der Waals surface area contributed by atoms with Gasteiger partial charge in [0.25, 0.3) is 0 Å². The molecule has 0 spiro atoms. The molecular formula is C8H16N2O2S. The maximum absolute atomic E-state index is 11.4. The molecule has 0 rings (SSSR count). The zero-order valence-electron chi connectivity index (χ0n) is 8.24. The summed E-state index contributed by atoms with van der Waals surface area (Å²) in [6.45, 7) is 5.35.